The van der Waals surface area contributed by atoms with Crippen LogP contribution in [0, 0.1) is 23.2 Å². The molecule has 0 saturated carbocycles. The molecule has 0 radical (unpaired) electrons. The van der Waals surface area contributed by atoms with Crippen molar-refractivity contribution in [1.82, 2.24) is 0 Å². The zero-order valence-electron chi connectivity index (χ0n) is 9.87. The third kappa shape index (κ3) is 2.93. The van der Waals surface area contributed by atoms with Crippen LogP contribution in [0.1, 0.15) is 52.9 Å². The van der Waals surface area contributed by atoms with Gasteiger partial charge in [-0.1, -0.05) is 39.5 Å². The smallest absolute Gasteiger partial charge is 0.192 e. The Morgan fingerprint density at radius 2 is 2.00 bits per heavy atom. The van der Waals surface area contributed by atoms with Gasteiger partial charge in [-0.15, -0.1) is 0 Å². The van der Waals surface area contributed by atoms with Gasteiger partial charge < -0.3 is 0 Å². The summed E-state index contributed by atoms with van der Waals surface area (Å²) in [5, 5.41) is 0. The molecule has 1 aliphatic rings. The lowest BCUT2D eigenvalue weighted by atomic mass is 9.70. The van der Waals surface area contributed by atoms with Crippen molar-refractivity contribution in [3.63, 3.8) is 0 Å². The fourth-order valence-electron chi connectivity index (χ4n) is 2.14. The number of rotatable bonds is 2. The molecular formula is C13H20F2. The second kappa shape index (κ2) is 4.51. The molecule has 1 atom stereocenters. The highest BCUT2D eigenvalue weighted by Crippen LogP contribution is 2.44. The van der Waals surface area contributed by atoms with Crippen LogP contribution in [-0.2, 0) is 0 Å². The lowest BCUT2D eigenvalue weighted by Gasteiger charge is -2.37. The van der Waals surface area contributed by atoms with Gasteiger partial charge in [0, 0.05) is 12.3 Å². The average Bonchev–Trinajstić information content (AvgIpc) is 2.12. The molecule has 0 aliphatic heterocycles. The van der Waals surface area contributed by atoms with Crippen molar-refractivity contribution in [2.24, 2.45) is 11.3 Å². The van der Waals surface area contributed by atoms with Crippen molar-refractivity contribution in [1.29, 1.82) is 0 Å². The van der Waals surface area contributed by atoms with Crippen molar-refractivity contribution < 1.29 is 8.78 Å². The highest BCUT2D eigenvalue weighted by Gasteiger charge is 2.45. The lowest BCUT2D eigenvalue weighted by Crippen LogP contribution is -2.38. The van der Waals surface area contributed by atoms with Gasteiger partial charge in [-0.3, -0.25) is 0 Å². The molecule has 1 aliphatic carbocycles. The van der Waals surface area contributed by atoms with Crippen LogP contribution in [-0.4, -0.2) is 5.92 Å². The van der Waals surface area contributed by atoms with Gasteiger partial charge in [0.15, 0.2) is 0 Å². The van der Waals surface area contributed by atoms with Gasteiger partial charge in [0.1, 0.15) is 0 Å². The van der Waals surface area contributed by atoms with E-state index in [1.807, 2.05) is 20.8 Å². The zero-order chi connectivity index (χ0) is 11.5. The van der Waals surface area contributed by atoms with Crippen molar-refractivity contribution in [3.05, 3.63) is 0 Å². The van der Waals surface area contributed by atoms with Gasteiger partial charge in [0.2, 0.25) is 0 Å². The summed E-state index contributed by atoms with van der Waals surface area (Å²) in [6.45, 7) is 5.83. The van der Waals surface area contributed by atoms with E-state index in [1.54, 1.807) is 0 Å². The first-order valence-corrected chi connectivity index (χ1v) is 5.78. The van der Waals surface area contributed by atoms with Gasteiger partial charge >= 0.3 is 5.92 Å². The number of hydrogen-bond donors (Lipinski definition) is 0. The summed E-state index contributed by atoms with van der Waals surface area (Å²) in [6, 6.07) is 0. The summed E-state index contributed by atoms with van der Waals surface area (Å²) in [6.07, 6.45) is 3.82. The van der Waals surface area contributed by atoms with Crippen molar-refractivity contribution in [3.8, 4) is 11.8 Å². The molecule has 0 saturated heterocycles. The number of halogens is 2. The van der Waals surface area contributed by atoms with Crippen LogP contribution in [0.2, 0.25) is 0 Å². The van der Waals surface area contributed by atoms with E-state index in [2.05, 4.69) is 11.8 Å². The van der Waals surface area contributed by atoms with E-state index >= 15 is 0 Å². The molecule has 0 nitrogen and oxygen atoms in total. The Bertz CT molecular complexity index is 268. The summed E-state index contributed by atoms with van der Waals surface area (Å²) in [4.78, 5) is 0. The van der Waals surface area contributed by atoms with Gasteiger partial charge in [-0.25, -0.2) is 0 Å². The van der Waals surface area contributed by atoms with E-state index in [4.69, 9.17) is 0 Å². The highest BCUT2D eigenvalue weighted by atomic mass is 19.3. The minimum absolute atomic E-state index is 0.324. The maximum atomic E-state index is 13.8. The maximum absolute atomic E-state index is 13.8. The van der Waals surface area contributed by atoms with Crippen LogP contribution in [0.4, 0.5) is 8.78 Å². The van der Waals surface area contributed by atoms with Crippen LogP contribution in [0.5, 0.6) is 0 Å². The standard InChI is InChI=1S/C13H20F2/c1-4-12(2,3)11-9-7-5-6-8-10-13(11,14)15/h11H,4-7,9H2,1-3H3. The van der Waals surface area contributed by atoms with Crippen LogP contribution >= 0.6 is 0 Å². The first kappa shape index (κ1) is 12.5. The number of alkyl halides is 2. The van der Waals surface area contributed by atoms with Crippen molar-refractivity contribution in [2.75, 3.05) is 0 Å². The van der Waals surface area contributed by atoms with Crippen LogP contribution in [0.15, 0.2) is 0 Å². The summed E-state index contributed by atoms with van der Waals surface area (Å²) >= 11 is 0. The van der Waals surface area contributed by atoms with E-state index in [-0.39, 0.29) is 5.41 Å². The van der Waals surface area contributed by atoms with Crippen molar-refractivity contribution in [2.45, 2.75) is 58.8 Å². The van der Waals surface area contributed by atoms with E-state index in [1.165, 1.54) is 0 Å². The molecule has 2 heteroatoms. The minimum atomic E-state index is -2.81. The second-order valence-electron chi connectivity index (χ2n) is 5.07. The monoisotopic (exact) mass is 214 g/mol. The van der Waals surface area contributed by atoms with E-state index in [0.29, 0.717) is 12.8 Å². The maximum Gasteiger partial charge on any atom is 0.311 e. The molecule has 0 N–H and O–H groups in total. The summed E-state index contributed by atoms with van der Waals surface area (Å²) in [7, 11) is 0. The third-order valence-corrected chi connectivity index (χ3v) is 3.59. The largest absolute Gasteiger partial charge is 0.311 e. The molecular weight excluding hydrogens is 194 g/mol. The molecule has 15 heavy (non-hydrogen) atoms. The molecule has 0 aromatic heterocycles. The first-order valence-electron chi connectivity index (χ1n) is 5.78. The average molecular weight is 214 g/mol. The Morgan fingerprint density at radius 1 is 1.33 bits per heavy atom. The molecule has 0 aromatic rings. The molecule has 1 rings (SSSR count). The Balaban J connectivity index is 2.95. The predicted molar refractivity (Wildman–Crippen MR) is 58.8 cm³/mol. The molecule has 86 valence electrons. The first-order chi connectivity index (χ1) is 6.90. The minimum Gasteiger partial charge on any atom is -0.192 e. The summed E-state index contributed by atoms with van der Waals surface area (Å²) in [5.74, 6) is 1.37. The summed E-state index contributed by atoms with van der Waals surface area (Å²) < 4.78 is 27.6. The van der Waals surface area contributed by atoms with E-state index in [0.717, 1.165) is 19.3 Å². The summed E-state index contributed by atoms with van der Waals surface area (Å²) in [5.41, 5.74) is -0.324. The Morgan fingerprint density at radius 3 is 2.60 bits per heavy atom. The van der Waals surface area contributed by atoms with Crippen LogP contribution < -0.4 is 0 Å². The van der Waals surface area contributed by atoms with Crippen molar-refractivity contribution >= 4 is 0 Å². The fraction of sp³-hybridized carbons (Fsp3) is 0.846. The van der Waals surface area contributed by atoms with Crippen LogP contribution in [0.3, 0.4) is 0 Å². The highest BCUT2D eigenvalue weighted by molar-refractivity contribution is 5.14. The number of hydrogen-bond acceptors (Lipinski definition) is 0. The third-order valence-electron chi connectivity index (χ3n) is 3.59. The topological polar surface area (TPSA) is 0 Å². The molecule has 0 aromatic carbocycles. The van der Waals surface area contributed by atoms with Gasteiger partial charge in [-0.05, 0) is 24.2 Å². The Kier molecular flexibility index (Phi) is 3.76. The zero-order valence-corrected chi connectivity index (χ0v) is 9.87. The van der Waals surface area contributed by atoms with Gasteiger partial charge in [0.25, 0.3) is 0 Å². The molecule has 0 fully saturated rings. The molecule has 0 heterocycles. The Labute approximate surface area is 91.4 Å². The van der Waals surface area contributed by atoms with Gasteiger partial charge in [-0.2, -0.15) is 8.78 Å². The van der Waals surface area contributed by atoms with Gasteiger partial charge in [0.05, 0.1) is 0 Å². The predicted octanol–water partition coefficient (Wildman–Crippen LogP) is 4.25. The van der Waals surface area contributed by atoms with E-state index < -0.39 is 11.8 Å². The van der Waals surface area contributed by atoms with E-state index in [9.17, 15) is 8.78 Å². The normalized spacial score (nSPS) is 26.1. The molecule has 1 unspecified atom stereocenters. The second-order valence-corrected chi connectivity index (χ2v) is 5.07. The SMILES string of the molecule is CCC(C)(C)C1CCCCC#CC1(F)F. The molecule has 0 amide bonds. The quantitative estimate of drug-likeness (QED) is 0.603. The Hall–Kier alpha value is -0.580. The molecule has 0 spiro atoms. The molecule has 0 bridgehead atoms. The fourth-order valence-corrected chi connectivity index (χ4v) is 2.14. The lowest BCUT2D eigenvalue weighted by molar-refractivity contribution is -0.0600. The van der Waals surface area contributed by atoms with Crippen LogP contribution in [0.25, 0.3) is 0 Å².